The van der Waals surface area contributed by atoms with Crippen LogP contribution in [0.25, 0.3) is 0 Å². The van der Waals surface area contributed by atoms with Crippen molar-refractivity contribution < 1.29 is 19.1 Å². The first kappa shape index (κ1) is 28.2. The summed E-state index contributed by atoms with van der Waals surface area (Å²) >= 11 is 6.17. The van der Waals surface area contributed by atoms with Crippen LogP contribution in [0.1, 0.15) is 59.8 Å². The Kier molecular flexibility index (Phi) is 8.92. The van der Waals surface area contributed by atoms with Gasteiger partial charge < -0.3 is 20.3 Å². The average molecular weight is 548 g/mol. The van der Waals surface area contributed by atoms with Gasteiger partial charge in [-0.2, -0.15) is 0 Å². The van der Waals surface area contributed by atoms with E-state index in [-0.39, 0.29) is 24.9 Å². The summed E-state index contributed by atoms with van der Waals surface area (Å²) in [6.45, 7) is 6.17. The highest BCUT2D eigenvalue weighted by Gasteiger charge is 2.43. The Labute approximate surface area is 234 Å². The number of nitrogens with one attached hydrogen (secondary N) is 2. The average Bonchev–Trinajstić information content (AvgIpc) is 2.90. The molecule has 0 spiro atoms. The summed E-state index contributed by atoms with van der Waals surface area (Å²) in [7, 11) is 0. The first-order valence-corrected chi connectivity index (χ1v) is 13.5. The molecule has 3 aromatic carbocycles. The van der Waals surface area contributed by atoms with Crippen molar-refractivity contribution in [3.05, 3.63) is 106 Å². The topological polar surface area (TPSA) is 87.7 Å². The fraction of sp³-hybridized carbons (Fsp3) is 0.323. The van der Waals surface area contributed by atoms with Crippen LogP contribution >= 0.6 is 11.6 Å². The molecule has 0 bridgehead atoms. The molecule has 0 aliphatic carbocycles. The minimum absolute atomic E-state index is 0.162. The highest BCUT2D eigenvalue weighted by atomic mass is 35.5. The van der Waals surface area contributed by atoms with Crippen molar-refractivity contribution in [2.45, 2.75) is 44.8 Å². The fourth-order valence-electron chi connectivity index (χ4n) is 4.83. The summed E-state index contributed by atoms with van der Waals surface area (Å²) in [5.41, 5.74) is 2.42. The first-order chi connectivity index (χ1) is 18.6. The molecule has 1 aliphatic heterocycles. The maximum absolute atomic E-state index is 13.8. The third-order valence-electron chi connectivity index (χ3n) is 6.51. The Hall–Kier alpha value is -3.84. The van der Waals surface area contributed by atoms with E-state index in [0.29, 0.717) is 29.1 Å². The molecule has 4 rings (SSSR count). The number of carbonyl (C=O) groups excluding carboxylic acids is 3. The largest absolute Gasteiger partial charge is 0.444 e. The lowest BCUT2D eigenvalue weighted by Gasteiger charge is -2.42. The van der Waals surface area contributed by atoms with E-state index in [1.165, 1.54) is 0 Å². The molecule has 8 heteroatoms. The zero-order chi connectivity index (χ0) is 28.0. The van der Waals surface area contributed by atoms with Crippen molar-refractivity contribution in [1.82, 2.24) is 15.5 Å². The smallest absolute Gasteiger partial charge is 0.407 e. The summed E-state index contributed by atoms with van der Waals surface area (Å²) in [4.78, 5) is 41.5. The van der Waals surface area contributed by atoms with Gasteiger partial charge in [-0.1, -0.05) is 72.3 Å². The molecule has 0 radical (unpaired) electrons. The van der Waals surface area contributed by atoms with Crippen molar-refractivity contribution in [3.63, 3.8) is 0 Å². The molecule has 2 atom stereocenters. The highest BCUT2D eigenvalue weighted by molar-refractivity contribution is 6.30. The van der Waals surface area contributed by atoms with E-state index < -0.39 is 23.7 Å². The van der Waals surface area contributed by atoms with Crippen molar-refractivity contribution in [2.24, 2.45) is 0 Å². The number of carbonyl (C=O) groups is 3. The molecule has 0 unspecified atom stereocenters. The predicted octanol–water partition coefficient (Wildman–Crippen LogP) is 5.50. The molecular formula is C31H34ClN3O4. The molecule has 0 saturated heterocycles. The lowest BCUT2D eigenvalue weighted by molar-refractivity contribution is -0.124. The molecule has 1 aliphatic rings. The number of ether oxygens (including phenoxy) is 1. The number of rotatable bonds is 8. The summed E-state index contributed by atoms with van der Waals surface area (Å²) in [5, 5.41) is 6.39. The third-order valence-corrected chi connectivity index (χ3v) is 6.76. The predicted molar refractivity (Wildman–Crippen MR) is 152 cm³/mol. The van der Waals surface area contributed by atoms with E-state index in [1.807, 2.05) is 54.6 Å². The van der Waals surface area contributed by atoms with Gasteiger partial charge in [-0.05, 0) is 62.1 Å². The number of hydrogen-bond acceptors (Lipinski definition) is 4. The molecule has 3 amide bonds. The lowest BCUT2D eigenvalue weighted by atomic mass is 9.79. The van der Waals surface area contributed by atoms with Gasteiger partial charge in [-0.25, -0.2) is 4.79 Å². The van der Waals surface area contributed by atoms with Crippen LogP contribution in [0.3, 0.4) is 0 Å². The van der Waals surface area contributed by atoms with E-state index >= 15 is 0 Å². The van der Waals surface area contributed by atoms with Gasteiger partial charge in [0.2, 0.25) is 5.91 Å². The Morgan fingerprint density at radius 1 is 0.897 bits per heavy atom. The zero-order valence-corrected chi connectivity index (χ0v) is 23.2. The quantitative estimate of drug-likeness (QED) is 0.389. The molecule has 0 aromatic heterocycles. The van der Waals surface area contributed by atoms with Crippen molar-refractivity contribution in [2.75, 3.05) is 19.6 Å². The van der Waals surface area contributed by atoms with E-state index in [0.717, 1.165) is 11.1 Å². The Bertz CT molecular complexity index is 1310. The number of hydrogen-bond donors (Lipinski definition) is 2. The van der Waals surface area contributed by atoms with Gasteiger partial charge in [0.15, 0.2) is 0 Å². The normalized spacial score (nSPS) is 16.8. The van der Waals surface area contributed by atoms with E-state index in [4.69, 9.17) is 16.3 Å². The van der Waals surface area contributed by atoms with Gasteiger partial charge in [0, 0.05) is 30.2 Å². The lowest BCUT2D eigenvalue weighted by Crippen LogP contribution is -2.50. The van der Waals surface area contributed by atoms with Crippen LogP contribution in [0, 0.1) is 0 Å². The second-order valence-electron chi connectivity index (χ2n) is 10.5. The fourth-order valence-corrected chi connectivity index (χ4v) is 4.95. The Balaban J connectivity index is 1.62. The van der Waals surface area contributed by atoms with Crippen molar-refractivity contribution in [1.29, 1.82) is 0 Å². The van der Waals surface area contributed by atoms with Crippen LogP contribution in [0.4, 0.5) is 4.79 Å². The number of alkyl carbamates (subject to hydrolysis) is 1. The van der Waals surface area contributed by atoms with Gasteiger partial charge >= 0.3 is 6.09 Å². The van der Waals surface area contributed by atoms with Crippen LogP contribution in [0.5, 0.6) is 0 Å². The molecule has 0 fully saturated rings. The standard InChI is InChI=1S/C31H34ClN3O4/c1-31(2,3)39-30(38)34-19-20-35-27(22-13-15-23(32)16-14-22)26(24-11-7-8-12-25(24)29(35)37)28(36)33-18-17-21-9-5-4-6-10-21/h4-16,26-27H,17-20H2,1-3H3,(H,33,36)(H,34,38)/t26-,27+/m1/s1. The van der Waals surface area contributed by atoms with Gasteiger partial charge in [0.1, 0.15) is 5.60 Å². The number of halogens is 1. The molecule has 0 saturated carbocycles. The summed E-state index contributed by atoms with van der Waals surface area (Å²) in [6.07, 6.45) is 0.125. The van der Waals surface area contributed by atoms with Crippen LogP contribution in [0.2, 0.25) is 5.02 Å². The summed E-state index contributed by atoms with van der Waals surface area (Å²) < 4.78 is 5.34. The Morgan fingerprint density at radius 3 is 2.26 bits per heavy atom. The molecular weight excluding hydrogens is 514 g/mol. The maximum Gasteiger partial charge on any atom is 0.407 e. The van der Waals surface area contributed by atoms with Gasteiger partial charge in [0.25, 0.3) is 5.91 Å². The Morgan fingerprint density at radius 2 is 1.56 bits per heavy atom. The van der Waals surface area contributed by atoms with Crippen LogP contribution in [-0.2, 0) is 16.0 Å². The molecule has 39 heavy (non-hydrogen) atoms. The highest BCUT2D eigenvalue weighted by Crippen LogP contribution is 2.43. The van der Waals surface area contributed by atoms with Crippen LogP contribution < -0.4 is 10.6 Å². The number of benzene rings is 3. The molecule has 3 aromatic rings. The molecule has 2 N–H and O–H groups in total. The maximum atomic E-state index is 13.8. The third kappa shape index (κ3) is 7.18. The first-order valence-electron chi connectivity index (χ1n) is 13.1. The molecule has 7 nitrogen and oxygen atoms in total. The molecule has 204 valence electrons. The summed E-state index contributed by atoms with van der Waals surface area (Å²) in [6, 6.07) is 23.8. The number of fused-ring (bicyclic) bond motifs is 1. The zero-order valence-electron chi connectivity index (χ0n) is 22.4. The second-order valence-corrected chi connectivity index (χ2v) is 11.0. The molecule has 1 heterocycles. The monoisotopic (exact) mass is 547 g/mol. The summed E-state index contributed by atoms with van der Waals surface area (Å²) in [5.74, 6) is -1.03. The van der Waals surface area contributed by atoms with E-state index in [2.05, 4.69) is 10.6 Å². The second kappa shape index (κ2) is 12.3. The van der Waals surface area contributed by atoms with E-state index in [9.17, 15) is 14.4 Å². The minimum atomic E-state index is -0.655. The minimum Gasteiger partial charge on any atom is -0.444 e. The number of amides is 3. The number of nitrogens with zero attached hydrogens (tertiary/aromatic N) is 1. The van der Waals surface area contributed by atoms with Gasteiger partial charge in [-0.3, -0.25) is 9.59 Å². The van der Waals surface area contributed by atoms with E-state index in [1.54, 1.807) is 49.9 Å². The van der Waals surface area contributed by atoms with Crippen LogP contribution in [-0.4, -0.2) is 48.0 Å². The van der Waals surface area contributed by atoms with Crippen molar-refractivity contribution >= 4 is 29.5 Å². The van der Waals surface area contributed by atoms with Gasteiger partial charge in [0.05, 0.1) is 12.0 Å². The van der Waals surface area contributed by atoms with Crippen molar-refractivity contribution in [3.8, 4) is 0 Å². The van der Waals surface area contributed by atoms with Gasteiger partial charge in [-0.15, -0.1) is 0 Å². The SMILES string of the molecule is CC(C)(C)OC(=O)NCCN1C(=O)c2ccccc2[C@@H](C(=O)NCCc2ccccc2)[C@@H]1c1ccc(Cl)cc1. The van der Waals surface area contributed by atoms with Crippen LogP contribution in [0.15, 0.2) is 78.9 Å².